The molecule has 0 aliphatic rings. The second kappa shape index (κ2) is 8.74. The van der Waals surface area contributed by atoms with E-state index in [1.54, 1.807) is 30.1 Å². The summed E-state index contributed by atoms with van der Waals surface area (Å²) in [6.45, 7) is 2.53. The normalized spacial score (nSPS) is 10.7. The number of hydrogen-bond acceptors (Lipinski definition) is 4. The molecular formula is C25H23N3O2. The molecule has 0 saturated carbocycles. The van der Waals surface area contributed by atoms with Gasteiger partial charge in [-0.25, -0.2) is 4.98 Å². The molecule has 0 saturated heterocycles. The van der Waals surface area contributed by atoms with Crippen LogP contribution in [0.2, 0.25) is 0 Å². The Bertz CT molecular complexity index is 1200. The lowest BCUT2D eigenvalue weighted by Crippen LogP contribution is -2.24. The van der Waals surface area contributed by atoms with Gasteiger partial charge >= 0.3 is 0 Å². The molecule has 2 aromatic heterocycles. The molecule has 0 aliphatic heterocycles. The van der Waals surface area contributed by atoms with Gasteiger partial charge in [-0.05, 0) is 35.7 Å². The lowest BCUT2D eigenvalue weighted by atomic mass is 10.1. The Morgan fingerprint density at radius 1 is 0.900 bits per heavy atom. The minimum absolute atomic E-state index is 0.112. The summed E-state index contributed by atoms with van der Waals surface area (Å²) in [5.74, 6) is 1.38. The van der Waals surface area contributed by atoms with Crippen molar-refractivity contribution in [2.75, 3.05) is 0 Å². The quantitative estimate of drug-likeness (QED) is 0.486. The minimum atomic E-state index is -0.112. The summed E-state index contributed by atoms with van der Waals surface area (Å²) in [7, 11) is 1.75. The highest BCUT2D eigenvalue weighted by atomic mass is 16.5. The zero-order valence-corrected chi connectivity index (χ0v) is 17.1. The molecule has 0 unspecified atom stereocenters. The number of ether oxygens (including phenoxy) is 1. The molecule has 0 amide bonds. The molecule has 2 aromatic carbocycles. The van der Waals surface area contributed by atoms with Crippen LogP contribution in [-0.2, 0) is 20.1 Å². The second-order valence-electron chi connectivity index (χ2n) is 7.21. The highest BCUT2D eigenvalue weighted by Crippen LogP contribution is 2.18. The molecule has 0 radical (unpaired) electrons. The Morgan fingerprint density at radius 3 is 2.40 bits per heavy atom. The lowest BCUT2D eigenvalue weighted by Gasteiger charge is -2.11. The minimum Gasteiger partial charge on any atom is -0.487 e. The molecule has 0 spiro atoms. The van der Waals surface area contributed by atoms with Crippen LogP contribution >= 0.6 is 0 Å². The van der Waals surface area contributed by atoms with Crippen LogP contribution in [0.5, 0.6) is 5.75 Å². The molecule has 2 heterocycles. The van der Waals surface area contributed by atoms with Crippen LogP contribution in [0.4, 0.5) is 0 Å². The maximum Gasteiger partial charge on any atom is 0.262 e. The molecule has 5 nitrogen and oxygen atoms in total. The zero-order chi connectivity index (χ0) is 20.9. The van der Waals surface area contributed by atoms with Crippen LogP contribution in [0.3, 0.4) is 0 Å². The van der Waals surface area contributed by atoms with Crippen molar-refractivity contribution >= 4 is 0 Å². The van der Waals surface area contributed by atoms with Gasteiger partial charge in [-0.1, -0.05) is 54.6 Å². The van der Waals surface area contributed by atoms with E-state index in [2.05, 4.69) is 29.0 Å². The van der Waals surface area contributed by atoms with Gasteiger partial charge in [-0.3, -0.25) is 14.3 Å². The molecule has 5 heteroatoms. The van der Waals surface area contributed by atoms with E-state index >= 15 is 0 Å². The second-order valence-corrected chi connectivity index (χ2v) is 7.21. The zero-order valence-electron chi connectivity index (χ0n) is 17.1. The highest BCUT2D eigenvalue weighted by Gasteiger charge is 2.12. The number of aromatic nitrogens is 3. The van der Waals surface area contributed by atoms with Gasteiger partial charge in [0.2, 0.25) is 0 Å². The number of rotatable bonds is 6. The van der Waals surface area contributed by atoms with Crippen LogP contribution in [0.15, 0.2) is 83.9 Å². The van der Waals surface area contributed by atoms with Gasteiger partial charge in [0.1, 0.15) is 18.2 Å². The van der Waals surface area contributed by atoms with Crippen molar-refractivity contribution in [1.29, 1.82) is 0 Å². The summed E-state index contributed by atoms with van der Waals surface area (Å²) in [5, 5.41) is 0. The first-order chi connectivity index (χ1) is 14.6. The van der Waals surface area contributed by atoms with Crippen molar-refractivity contribution in [2.24, 2.45) is 7.05 Å². The summed E-state index contributed by atoms with van der Waals surface area (Å²) in [5.41, 5.74) is 4.37. The van der Waals surface area contributed by atoms with E-state index in [0.29, 0.717) is 30.0 Å². The van der Waals surface area contributed by atoms with Crippen molar-refractivity contribution < 1.29 is 4.74 Å². The van der Waals surface area contributed by atoms with E-state index in [9.17, 15) is 4.79 Å². The predicted molar refractivity (Wildman–Crippen MR) is 117 cm³/mol. The molecule has 0 aliphatic carbocycles. The van der Waals surface area contributed by atoms with Gasteiger partial charge in [0.25, 0.3) is 5.56 Å². The topological polar surface area (TPSA) is 57.0 Å². The van der Waals surface area contributed by atoms with E-state index in [1.807, 2.05) is 48.5 Å². The Hall–Kier alpha value is -3.73. The molecule has 0 fully saturated rings. The van der Waals surface area contributed by atoms with Gasteiger partial charge in [0.15, 0.2) is 0 Å². The molecule has 150 valence electrons. The van der Waals surface area contributed by atoms with Crippen molar-refractivity contribution in [3.05, 3.63) is 112 Å². The molecule has 0 bridgehead atoms. The summed E-state index contributed by atoms with van der Waals surface area (Å²) in [6, 6.07) is 21.7. The van der Waals surface area contributed by atoms with E-state index < -0.39 is 0 Å². The third-order valence-electron chi connectivity index (χ3n) is 5.14. The van der Waals surface area contributed by atoms with Crippen LogP contribution in [0.1, 0.15) is 22.5 Å². The third kappa shape index (κ3) is 4.30. The summed E-state index contributed by atoms with van der Waals surface area (Å²) < 4.78 is 7.37. The first-order valence-electron chi connectivity index (χ1n) is 9.84. The SMILES string of the molecule is Cc1ccccc1Cc1ncc(-c2ccc(OCc3ccccc3)cn2)c(=O)n1C. The predicted octanol–water partition coefficient (Wildman–Crippen LogP) is 4.32. The van der Waals surface area contributed by atoms with Crippen molar-refractivity contribution in [3.8, 4) is 17.0 Å². The van der Waals surface area contributed by atoms with Crippen LogP contribution in [0.25, 0.3) is 11.3 Å². The molecular weight excluding hydrogens is 374 g/mol. The maximum absolute atomic E-state index is 12.9. The maximum atomic E-state index is 12.9. The first-order valence-corrected chi connectivity index (χ1v) is 9.84. The van der Waals surface area contributed by atoms with Crippen molar-refractivity contribution in [2.45, 2.75) is 20.0 Å². The fraction of sp³-hybridized carbons (Fsp3) is 0.160. The van der Waals surface area contributed by atoms with E-state index in [1.165, 1.54) is 5.56 Å². The number of benzene rings is 2. The number of nitrogens with zero attached hydrogens (tertiary/aromatic N) is 3. The molecule has 0 N–H and O–H groups in total. The van der Waals surface area contributed by atoms with E-state index in [0.717, 1.165) is 17.0 Å². The van der Waals surface area contributed by atoms with Crippen LogP contribution in [-0.4, -0.2) is 14.5 Å². The van der Waals surface area contributed by atoms with Gasteiger partial charge in [-0.2, -0.15) is 0 Å². The summed E-state index contributed by atoms with van der Waals surface area (Å²) in [6.07, 6.45) is 3.86. The van der Waals surface area contributed by atoms with E-state index in [-0.39, 0.29) is 5.56 Å². The smallest absolute Gasteiger partial charge is 0.262 e. The van der Waals surface area contributed by atoms with Crippen molar-refractivity contribution in [1.82, 2.24) is 14.5 Å². The summed E-state index contributed by atoms with van der Waals surface area (Å²) >= 11 is 0. The Kier molecular flexibility index (Phi) is 5.70. The Labute approximate surface area is 175 Å². The van der Waals surface area contributed by atoms with Crippen LogP contribution in [0, 0.1) is 6.92 Å². The fourth-order valence-electron chi connectivity index (χ4n) is 3.26. The van der Waals surface area contributed by atoms with Crippen LogP contribution < -0.4 is 10.3 Å². The standard InChI is InChI=1S/C25H23N3O2/c1-18-8-6-7-11-20(18)14-24-27-16-22(25(29)28(24)2)23-13-12-21(15-26-23)30-17-19-9-4-3-5-10-19/h3-13,15-16H,14,17H2,1-2H3. The number of aryl methyl sites for hydroxylation is 1. The lowest BCUT2D eigenvalue weighted by molar-refractivity contribution is 0.305. The first kappa shape index (κ1) is 19.6. The molecule has 30 heavy (non-hydrogen) atoms. The fourth-order valence-corrected chi connectivity index (χ4v) is 3.26. The van der Waals surface area contributed by atoms with Crippen molar-refractivity contribution in [3.63, 3.8) is 0 Å². The summed E-state index contributed by atoms with van der Waals surface area (Å²) in [4.78, 5) is 21.9. The average Bonchev–Trinajstić information content (AvgIpc) is 2.78. The Balaban J connectivity index is 1.52. The van der Waals surface area contributed by atoms with Gasteiger partial charge in [0, 0.05) is 19.7 Å². The molecule has 0 atom stereocenters. The average molecular weight is 397 g/mol. The van der Waals surface area contributed by atoms with Gasteiger partial charge in [0.05, 0.1) is 17.5 Å². The third-order valence-corrected chi connectivity index (χ3v) is 5.14. The number of pyridine rings is 1. The van der Waals surface area contributed by atoms with E-state index in [4.69, 9.17) is 4.74 Å². The van der Waals surface area contributed by atoms with Gasteiger partial charge in [-0.15, -0.1) is 0 Å². The molecule has 4 aromatic rings. The monoisotopic (exact) mass is 397 g/mol. The number of hydrogen-bond donors (Lipinski definition) is 0. The Morgan fingerprint density at radius 2 is 1.67 bits per heavy atom. The molecule has 4 rings (SSSR count). The highest BCUT2D eigenvalue weighted by molar-refractivity contribution is 5.57. The van der Waals surface area contributed by atoms with Gasteiger partial charge < -0.3 is 4.74 Å². The largest absolute Gasteiger partial charge is 0.487 e.